The summed E-state index contributed by atoms with van der Waals surface area (Å²) in [6, 6.07) is 1.07. The van der Waals surface area contributed by atoms with Crippen molar-refractivity contribution < 1.29 is 18.1 Å². The fourth-order valence-corrected chi connectivity index (χ4v) is 4.63. The molecule has 20 heavy (non-hydrogen) atoms. The normalized spacial score (nSPS) is 22.9. The zero-order valence-electron chi connectivity index (χ0n) is 11.0. The van der Waals surface area contributed by atoms with Gasteiger partial charge < -0.3 is 10.1 Å². The molecule has 1 saturated heterocycles. The van der Waals surface area contributed by atoms with Gasteiger partial charge in [-0.25, -0.2) is 13.1 Å². The molecule has 1 fully saturated rings. The highest BCUT2D eigenvalue weighted by atomic mass is 32.2. The van der Waals surface area contributed by atoms with Gasteiger partial charge >= 0.3 is 5.69 Å². The first-order valence-corrected chi connectivity index (χ1v) is 8.15. The Morgan fingerprint density at radius 1 is 1.55 bits per heavy atom. The minimum atomic E-state index is -3.80. The lowest BCUT2D eigenvalue weighted by Gasteiger charge is -2.22. The van der Waals surface area contributed by atoms with Gasteiger partial charge in [0.15, 0.2) is 5.00 Å². The van der Waals surface area contributed by atoms with Crippen molar-refractivity contribution in [1.29, 1.82) is 0 Å². The minimum Gasteiger partial charge on any atom is -0.379 e. The van der Waals surface area contributed by atoms with Crippen LogP contribution in [0.2, 0.25) is 0 Å². The molecule has 2 rings (SSSR count). The Balaban J connectivity index is 2.32. The van der Waals surface area contributed by atoms with Crippen LogP contribution in [0.5, 0.6) is 0 Å². The second-order valence-electron chi connectivity index (χ2n) is 4.76. The monoisotopic (exact) mass is 321 g/mol. The predicted molar refractivity (Wildman–Crippen MR) is 74.7 cm³/mol. The highest BCUT2D eigenvalue weighted by Gasteiger charge is 2.36. The summed E-state index contributed by atoms with van der Waals surface area (Å²) in [6.45, 7) is 2.53. The molecular formula is C10H15N3O5S2. The van der Waals surface area contributed by atoms with E-state index >= 15 is 0 Å². The van der Waals surface area contributed by atoms with Crippen molar-refractivity contribution in [3.63, 3.8) is 0 Å². The van der Waals surface area contributed by atoms with E-state index in [0.29, 0.717) is 19.6 Å². The van der Waals surface area contributed by atoms with Gasteiger partial charge in [0.05, 0.1) is 17.1 Å². The van der Waals surface area contributed by atoms with E-state index in [1.807, 2.05) is 0 Å². The standard InChI is InChI=1S/C10H15N3O5S2/c1-10(3-4-18-6-10)12-20(16,17)8-5-7(13(14)15)9(11-2)19-8/h5,11-12H,3-4,6H2,1-2H3. The van der Waals surface area contributed by atoms with Crippen LogP contribution < -0.4 is 10.0 Å². The van der Waals surface area contributed by atoms with Crippen molar-refractivity contribution in [2.24, 2.45) is 0 Å². The Hall–Kier alpha value is -1.23. The summed E-state index contributed by atoms with van der Waals surface area (Å²) in [5.74, 6) is 0. The zero-order chi connectivity index (χ0) is 15.0. The number of thiophene rings is 1. The molecule has 8 nitrogen and oxygen atoms in total. The smallest absolute Gasteiger partial charge is 0.304 e. The lowest BCUT2D eigenvalue weighted by atomic mass is 10.0. The zero-order valence-corrected chi connectivity index (χ0v) is 12.6. The first-order valence-electron chi connectivity index (χ1n) is 5.85. The lowest BCUT2D eigenvalue weighted by Crippen LogP contribution is -2.46. The third kappa shape index (κ3) is 2.92. The Morgan fingerprint density at radius 2 is 2.25 bits per heavy atom. The average Bonchev–Trinajstić information content (AvgIpc) is 2.94. The van der Waals surface area contributed by atoms with E-state index in [2.05, 4.69) is 10.0 Å². The predicted octanol–water partition coefficient (Wildman–Crippen LogP) is 1.16. The molecule has 0 radical (unpaired) electrons. The van der Waals surface area contributed by atoms with Gasteiger partial charge in [0.25, 0.3) is 10.0 Å². The van der Waals surface area contributed by atoms with E-state index in [-0.39, 0.29) is 14.9 Å². The Morgan fingerprint density at radius 3 is 2.70 bits per heavy atom. The molecule has 112 valence electrons. The highest BCUT2D eigenvalue weighted by molar-refractivity contribution is 7.91. The number of sulfonamides is 1. The maximum absolute atomic E-state index is 12.3. The molecule has 1 aliphatic rings. The molecule has 10 heteroatoms. The lowest BCUT2D eigenvalue weighted by molar-refractivity contribution is -0.383. The van der Waals surface area contributed by atoms with Crippen LogP contribution in [-0.2, 0) is 14.8 Å². The summed E-state index contributed by atoms with van der Waals surface area (Å²) < 4.78 is 32.2. The van der Waals surface area contributed by atoms with Crippen LogP contribution >= 0.6 is 11.3 Å². The molecule has 0 saturated carbocycles. The number of hydrogen-bond donors (Lipinski definition) is 2. The molecule has 0 spiro atoms. The number of nitro groups is 1. The molecular weight excluding hydrogens is 306 g/mol. The number of anilines is 1. The summed E-state index contributed by atoms with van der Waals surface area (Å²) in [6.07, 6.45) is 0.568. The Labute approximate surface area is 120 Å². The molecule has 0 amide bonds. The fourth-order valence-electron chi connectivity index (χ4n) is 1.93. The van der Waals surface area contributed by atoms with Crippen molar-refractivity contribution >= 4 is 32.0 Å². The van der Waals surface area contributed by atoms with E-state index in [4.69, 9.17) is 4.74 Å². The maximum atomic E-state index is 12.3. The summed E-state index contributed by atoms with van der Waals surface area (Å²) in [7, 11) is -2.29. The van der Waals surface area contributed by atoms with Crippen molar-refractivity contribution in [3.8, 4) is 0 Å². The Bertz CT molecular complexity index is 619. The first-order chi connectivity index (χ1) is 9.27. The molecule has 2 heterocycles. The van der Waals surface area contributed by atoms with E-state index < -0.39 is 20.5 Å². The average molecular weight is 321 g/mol. The summed E-state index contributed by atoms with van der Waals surface area (Å²) in [5, 5.41) is 13.7. The third-order valence-corrected chi connectivity index (χ3v) is 6.23. The molecule has 0 bridgehead atoms. The topological polar surface area (TPSA) is 111 Å². The van der Waals surface area contributed by atoms with Crippen molar-refractivity contribution in [2.45, 2.75) is 23.1 Å². The van der Waals surface area contributed by atoms with Gasteiger partial charge in [0.2, 0.25) is 0 Å². The number of nitrogens with one attached hydrogen (secondary N) is 2. The van der Waals surface area contributed by atoms with Gasteiger partial charge in [0.1, 0.15) is 4.21 Å². The van der Waals surface area contributed by atoms with Crippen LogP contribution in [0.25, 0.3) is 0 Å². The van der Waals surface area contributed by atoms with Crippen LogP contribution in [0.15, 0.2) is 10.3 Å². The van der Waals surface area contributed by atoms with E-state index in [9.17, 15) is 18.5 Å². The number of hydrogen-bond acceptors (Lipinski definition) is 7. The number of ether oxygens (including phenoxy) is 1. The van der Waals surface area contributed by atoms with Gasteiger partial charge in [-0.2, -0.15) is 0 Å². The van der Waals surface area contributed by atoms with Crippen LogP contribution in [0.4, 0.5) is 10.7 Å². The maximum Gasteiger partial charge on any atom is 0.304 e. The van der Waals surface area contributed by atoms with Crippen LogP contribution in [0.1, 0.15) is 13.3 Å². The molecule has 1 unspecified atom stereocenters. The molecule has 1 atom stereocenters. The van der Waals surface area contributed by atoms with Crippen LogP contribution in [0, 0.1) is 10.1 Å². The molecule has 2 N–H and O–H groups in total. The van der Waals surface area contributed by atoms with Crippen molar-refractivity contribution in [1.82, 2.24) is 4.72 Å². The largest absolute Gasteiger partial charge is 0.379 e. The van der Waals surface area contributed by atoms with E-state index in [1.54, 1.807) is 6.92 Å². The summed E-state index contributed by atoms with van der Waals surface area (Å²) >= 11 is 0.833. The van der Waals surface area contributed by atoms with Crippen molar-refractivity contribution in [2.75, 3.05) is 25.6 Å². The summed E-state index contributed by atoms with van der Waals surface area (Å²) in [4.78, 5) is 10.3. The molecule has 1 aliphatic heterocycles. The molecule has 0 aliphatic carbocycles. The van der Waals surface area contributed by atoms with Gasteiger partial charge in [-0.05, 0) is 13.3 Å². The molecule has 1 aromatic rings. The van der Waals surface area contributed by atoms with Gasteiger partial charge in [-0.1, -0.05) is 11.3 Å². The van der Waals surface area contributed by atoms with E-state index in [1.165, 1.54) is 7.05 Å². The Kier molecular flexibility index (Phi) is 4.00. The van der Waals surface area contributed by atoms with Crippen LogP contribution in [0.3, 0.4) is 0 Å². The highest BCUT2D eigenvalue weighted by Crippen LogP contribution is 2.37. The minimum absolute atomic E-state index is 0.0818. The van der Waals surface area contributed by atoms with E-state index in [0.717, 1.165) is 17.4 Å². The molecule has 0 aromatic carbocycles. The second-order valence-corrected chi connectivity index (χ2v) is 7.72. The van der Waals surface area contributed by atoms with Gasteiger partial charge in [-0.15, -0.1) is 0 Å². The quantitative estimate of drug-likeness (QED) is 0.622. The van der Waals surface area contributed by atoms with Gasteiger partial charge in [0, 0.05) is 19.7 Å². The number of rotatable bonds is 5. The van der Waals surface area contributed by atoms with Crippen molar-refractivity contribution in [3.05, 3.63) is 16.2 Å². The SMILES string of the molecule is CNc1sc(S(=O)(=O)NC2(C)CCOC2)cc1[N+](=O)[O-]. The fraction of sp³-hybridized carbons (Fsp3) is 0.600. The summed E-state index contributed by atoms with van der Waals surface area (Å²) in [5.41, 5.74) is -0.914. The second kappa shape index (κ2) is 5.28. The third-order valence-electron chi connectivity index (χ3n) is 2.98. The first kappa shape index (κ1) is 15.2. The number of nitrogens with zero attached hydrogens (tertiary/aromatic N) is 1. The molecule has 1 aromatic heterocycles. The van der Waals surface area contributed by atoms with Gasteiger partial charge in [-0.3, -0.25) is 10.1 Å². The van der Waals surface area contributed by atoms with Crippen LogP contribution in [-0.4, -0.2) is 39.1 Å².